The molecule has 0 bridgehead atoms. The molecule has 0 unspecified atom stereocenters. The second-order valence-electron chi connectivity index (χ2n) is 5.34. The van der Waals surface area contributed by atoms with Crippen molar-refractivity contribution in [2.75, 3.05) is 7.05 Å². The number of guanidine groups is 1. The predicted octanol–water partition coefficient (Wildman–Crippen LogP) is 1.68. The predicted molar refractivity (Wildman–Crippen MR) is 94.3 cm³/mol. The maximum atomic E-state index is 4.41. The van der Waals surface area contributed by atoms with Crippen LogP contribution < -0.4 is 10.6 Å². The van der Waals surface area contributed by atoms with E-state index < -0.39 is 0 Å². The van der Waals surface area contributed by atoms with Crippen molar-refractivity contribution in [3.8, 4) is 11.3 Å². The second kappa shape index (κ2) is 7.45. The van der Waals surface area contributed by atoms with Crippen LogP contribution in [0.4, 0.5) is 0 Å². The SMILES string of the molecule is CN=C(NCc1ncc(-c2ccccc2)[nH]1)NCc1ccnn1C. The van der Waals surface area contributed by atoms with Crippen LogP contribution >= 0.6 is 0 Å². The van der Waals surface area contributed by atoms with E-state index >= 15 is 0 Å². The van der Waals surface area contributed by atoms with Gasteiger partial charge in [0.1, 0.15) is 5.82 Å². The van der Waals surface area contributed by atoms with Crippen molar-refractivity contribution < 1.29 is 0 Å². The molecule has 7 nitrogen and oxygen atoms in total. The quantitative estimate of drug-likeness (QED) is 0.493. The number of imidazole rings is 1. The number of aromatic amines is 1. The van der Waals surface area contributed by atoms with Crippen LogP contribution in [0.1, 0.15) is 11.5 Å². The summed E-state index contributed by atoms with van der Waals surface area (Å²) in [5.74, 6) is 1.58. The van der Waals surface area contributed by atoms with Crippen molar-refractivity contribution in [3.63, 3.8) is 0 Å². The Bertz CT molecular complexity index is 801. The Balaban J connectivity index is 1.54. The highest BCUT2D eigenvalue weighted by Gasteiger charge is 2.05. The Morgan fingerprint density at radius 2 is 1.96 bits per heavy atom. The Labute approximate surface area is 140 Å². The standard InChI is InChI=1S/C17H21N7/c1-18-17(20-10-14-8-9-22-24(14)2)21-12-16-19-11-15(23-16)13-6-4-3-5-7-13/h3-9,11H,10,12H2,1-2H3,(H,19,23)(H2,18,20,21). The van der Waals surface area contributed by atoms with E-state index in [0.717, 1.165) is 22.8 Å². The monoisotopic (exact) mass is 323 g/mol. The Kier molecular flexibility index (Phi) is 4.90. The summed E-state index contributed by atoms with van der Waals surface area (Å²) in [6, 6.07) is 12.1. The summed E-state index contributed by atoms with van der Waals surface area (Å²) >= 11 is 0. The second-order valence-corrected chi connectivity index (χ2v) is 5.34. The minimum Gasteiger partial charge on any atom is -0.351 e. The molecule has 3 rings (SSSR count). The number of nitrogens with one attached hydrogen (secondary N) is 3. The maximum Gasteiger partial charge on any atom is 0.191 e. The zero-order valence-corrected chi connectivity index (χ0v) is 13.8. The topological polar surface area (TPSA) is 82.9 Å². The fraction of sp³-hybridized carbons (Fsp3) is 0.235. The molecule has 0 amide bonds. The highest BCUT2D eigenvalue weighted by Crippen LogP contribution is 2.15. The number of nitrogens with zero attached hydrogens (tertiary/aromatic N) is 4. The van der Waals surface area contributed by atoms with Crippen molar-refractivity contribution in [1.29, 1.82) is 0 Å². The highest BCUT2D eigenvalue weighted by molar-refractivity contribution is 5.79. The number of aliphatic imine (C=N–C) groups is 1. The molecule has 2 aromatic heterocycles. The van der Waals surface area contributed by atoms with E-state index in [-0.39, 0.29) is 0 Å². The van der Waals surface area contributed by atoms with Gasteiger partial charge in [0.2, 0.25) is 0 Å². The molecule has 0 saturated carbocycles. The molecular formula is C17H21N7. The van der Waals surface area contributed by atoms with Gasteiger partial charge in [-0.15, -0.1) is 0 Å². The smallest absolute Gasteiger partial charge is 0.191 e. The lowest BCUT2D eigenvalue weighted by molar-refractivity contribution is 0.682. The molecule has 3 aromatic rings. The average molecular weight is 323 g/mol. The lowest BCUT2D eigenvalue weighted by Gasteiger charge is -2.11. The molecule has 0 aliphatic carbocycles. The van der Waals surface area contributed by atoms with Crippen LogP contribution in [0.15, 0.2) is 53.8 Å². The van der Waals surface area contributed by atoms with Gasteiger partial charge in [-0.1, -0.05) is 30.3 Å². The van der Waals surface area contributed by atoms with Crippen LogP contribution in [0.25, 0.3) is 11.3 Å². The maximum absolute atomic E-state index is 4.41. The molecule has 124 valence electrons. The molecule has 0 saturated heterocycles. The van der Waals surface area contributed by atoms with Gasteiger partial charge in [0.15, 0.2) is 5.96 Å². The summed E-state index contributed by atoms with van der Waals surface area (Å²) in [5, 5.41) is 10.7. The van der Waals surface area contributed by atoms with Gasteiger partial charge in [-0.2, -0.15) is 5.10 Å². The fourth-order valence-electron chi connectivity index (χ4n) is 2.35. The Morgan fingerprint density at radius 3 is 2.67 bits per heavy atom. The van der Waals surface area contributed by atoms with Crippen molar-refractivity contribution in [2.24, 2.45) is 12.0 Å². The van der Waals surface area contributed by atoms with Gasteiger partial charge in [-0.05, 0) is 11.6 Å². The van der Waals surface area contributed by atoms with Crippen molar-refractivity contribution in [2.45, 2.75) is 13.1 Å². The summed E-state index contributed by atoms with van der Waals surface area (Å²) in [6.07, 6.45) is 3.62. The Hall–Kier alpha value is -3.09. The van der Waals surface area contributed by atoms with Gasteiger partial charge in [-0.3, -0.25) is 9.67 Å². The lowest BCUT2D eigenvalue weighted by Crippen LogP contribution is -2.37. The molecule has 2 heterocycles. The summed E-state index contributed by atoms with van der Waals surface area (Å²) in [4.78, 5) is 11.9. The zero-order chi connectivity index (χ0) is 16.8. The average Bonchev–Trinajstić information content (AvgIpc) is 3.25. The van der Waals surface area contributed by atoms with Crippen LogP contribution in [0, 0.1) is 0 Å². The molecule has 0 spiro atoms. The first kappa shape index (κ1) is 15.8. The molecule has 0 aliphatic heterocycles. The number of rotatable bonds is 5. The van der Waals surface area contributed by atoms with Crippen molar-refractivity contribution >= 4 is 5.96 Å². The number of aromatic nitrogens is 4. The zero-order valence-electron chi connectivity index (χ0n) is 13.8. The molecular weight excluding hydrogens is 302 g/mol. The van der Waals surface area contributed by atoms with E-state index in [9.17, 15) is 0 Å². The third-order valence-corrected chi connectivity index (χ3v) is 3.72. The van der Waals surface area contributed by atoms with Crippen molar-refractivity contribution in [3.05, 3.63) is 60.3 Å². The molecule has 0 atom stereocenters. The van der Waals surface area contributed by atoms with Gasteiger partial charge >= 0.3 is 0 Å². The van der Waals surface area contributed by atoms with Crippen LogP contribution in [0.5, 0.6) is 0 Å². The minimum absolute atomic E-state index is 0.567. The number of hydrogen-bond donors (Lipinski definition) is 3. The summed E-state index contributed by atoms with van der Waals surface area (Å²) in [5.41, 5.74) is 3.21. The van der Waals surface area contributed by atoms with Gasteiger partial charge in [0, 0.05) is 20.3 Å². The number of aryl methyl sites for hydroxylation is 1. The van der Waals surface area contributed by atoms with E-state index in [2.05, 4.69) is 42.8 Å². The molecule has 7 heteroatoms. The van der Waals surface area contributed by atoms with E-state index in [1.165, 1.54) is 0 Å². The molecule has 0 radical (unpaired) electrons. The normalized spacial score (nSPS) is 11.5. The summed E-state index contributed by atoms with van der Waals surface area (Å²) in [7, 11) is 3.66. The van der Waals surface area contributed by atoms with Crippen LogP contribution in [0.2, 0.25) is 0 Å². The molecule has 3 N–H and O–H groups in total. The van der Waals surface area contributed by atoms with Crippen LogP contribution in [0.3, 0.4) is 0 Å². The highest BCUT2D eigenvalue weighted by atomic mass is 15.3. The van der Waals surface area contributed by atoms with Gasteiger partial charge in [0.25, 0.3) is 0 Å². The largest absolute Gasteiger partial charge is 0.351 e. The molecule has 1 aromatic carbocycles. The number of benzene rings is 1. The van der Waals surface area contributed by atoms with E-state index in [1.54, 1.807) is 13.2 Å². The first-order chi connectivity index (χ1) is 11.8. The van der Waals surface area contributed by atoms with Crippen LogP contribution in [-0.4, -0.2) is 32.8 Å². The van der Waals surface area contributed by atoms with Crippen LogP contribution in [-0.2, 0) is 20.1 Å². The number of H-pyrrole nitrogens is 1. The molecule has 24 heavy (non-hydrogen) atoms. The Morgan fingerprint density at radius 1 is 1.17 bits per heavy atom. The summed E-state index contributed by atoms with van der Waals surface area (Å²) in [6.45, 7) is 1.22. The first-order valence-corrected chi connectivity index (χ1v) is 7.77. The molecule has 0 fully saturated rings. The van der Waals surface area contributed by atoms with E-state index in [0.29, 0.717) is 19.0 Å². The third-order valence-electron chi connectivity index (χ3n) is 3.72. The fourth-order valence-corrected chi connectivity index (χ4v) is 2.35. The van der Waals surface area contributed by atoms with Gasteiger partial charge in [0.05, 0.1) is 30.7 Å². The summed E-state index contributed by atoms with van der Waals surface area (Å²) < 4.78 is 1.83. The number of hydrogen-bond acceptors (Lipinski definition) is 3. The van der Waals surface area contributed by atoms with E-state index in [1.807, 2.05) is 42.2 Å². The minimum atomic E-state index is 0.567. The van der Waals surface area contributed by atoms with Gasteiger partial charge in [-0.25, -0.2) is 4.98 Å². The first-order valence-electron chi connectivity index (χ1n) is 7.77. The van der Waals surface area contributed by atoms with Crippen molar-refractivity contribution in [1.82, 2.24) is 30.4 Å². The van der Waals surface area contributed by atoms with Gasteiger partial charge < -0.3 is 15.6 Å². The lowest BCUT2D eigenvalue weighted by atomic mass is 10.2. The van der Waals surface area contributed by atoms with E-state index in [4.69, 9.17) is 0 Å². The molecule has 0 aliphatic rings. The third kappa shape index (κ3) is 3.81.